The number of carbonyl (C=O) groups is 2. The number of carbonyl (C=O) groups excluding carboxylic acids is 2. The summed E-state index contributed by atoms with van der Waals surface area (Å²) in [5.74, 6) is -0.535. The molecule has 0 saturated carbocycles. The number of sulfonamides is 1. The van der Waals surface area contributed by atoms with Crippen molar-refractivity contribution in [1.29, 1.82) is 0 Å². The van der Waals surface area contributed by atoms with Gasteiger partial charge in [0, 0.05) is 11.3 Å². The highest BCUT2D eigenvalue weighted by atomic mass is 32.2. The van der Waals surface area contributed by atoms with Crippen molar-refractivity contribution in [2.24, 2.45) is 0 Å². The van der Waals surface area contributed by atoms with Gasteiger partial charge < -0.3 is 5.32 Å². The Balaban J connectivity index is 2.20. The molecule has 0 aromatic heterocycles. The third kappa shape index (κ3) is 4.92. The van der Waals surface area contributed by atoms with Crippen molar-refractivity contribution in [2.75, 3.05) is 22.4 Å². The molecule has 0 spiro atoms. The van der Waals surface area contributed by atoms with E-state index in [-0.39, 0.29) is 12.3 Å². The van der Waals surface area contributed by atoms with Crippen LogP contribution in [0, 0.1) is 13.8 Å². The van der Waals surface area contributed by atoms with Gasteiger partial charge in [0.2, 0.25) is 15.9 Å². The maximum Gasteiger partial charge on any atom is 0.245 e. The average molecular weight is 374 g/mol. The van der Waals surface area contributed by atoms with Crippen LogP contribution in [0.5, 0.6) is 0 Å². The lowest BCUT2D eigenvalue weighted by atomic mass is 10.1. The number of benzene rings is 2. The van der Waals surface area contributed by atoms with Crippen LogP contribution in [0.25, 0.3) is 0 Å². The largest absolute Gasteiger partial charge is 0.325 e. The summed E-state index contributed by atoms with van der Waals surface area (Å²) in [6, 6.07) is 11.8. The second-order valence-electron chi connectivity index (χ2n) is 6.24. The fraction of sp³-hybridized carbons (Fsp3) is 0.263. The molecule has 26 heavy (non-hydrogen) atoms. The molecule has 0 aliphatic rings. The maximum absolute atomic E-state index is 12.4. The minimum Gasteiger partial charge on any atom is -0.325 e. The summed E-state index contributed by atoms with van der Waals surface area (Å²) in [6.07, 6.45) is 1.07. The van der Waals surface area contributed by atoms with Crippen molar-refractivity contribution in [3.8, 4) is 0 Å². The lowest BCUT2D eigenvalue weighted by Gasteiger charge is -2.24. The molecule has 0 aliphatic carbocycles. The summed E-state index contributed by atoms with van der Waals surface area (Å²) in [5, 5.41) is 2.65. The van der Waals surface area contributed by atoms with E-state index in [4.69, 9.17) is 0 Å². The third-order valence-electron chi connectivity index (χ3n) is 3.88. The van der Waals surface area contributed by atoms with Crippen LogP contribution >= 0.6 is 0 Å². The molecule has 7 heteroatoms. The molecule has 1 N–H and O–H groups in total. The molecule has 2 aromatic rings. The smallest absolute Gasteiger partial charge is 0.245 e. The summed E-state index contributed by atoms with van der Waals surface area (Å²) < 4.78 is 25.5. The molecule has 0 saturated heterocycles. The Morgan fingerprint density at radius 3 is 2.15 bits per heavy atom. The van der Waals surface area contributed by atoms with Gasteiger partial charge in [-0.3, -0.25) is 13.9 Å². The molecule has 1 amide bonds. The van der Waals surface area contributed by atoms with Crippen LogP contribution in [0.3, 0.4) is 0 Å². The van der Waals surface area contributed by atoms with Crippen LogP contribution in [0.15, 0.2) is 42.5 Å². The Kier molecular flexibility index (Phi) is 5.82. The molecule has 0 aliphatic heterocycles. The predicted molar refractivity (Wildman–Crippen MR) is 103 cm³/mol. The van der Waals surface area contributed by atoms with E-state index in [1.54, 1.807) is 43.3 Å². The Bertz CT molecular complexity index is 935. The van der Waals surface area contributed by atoms with Crippen LogP contribution in [-0.4, -0.2) is 32.9 Å². The molecular weight excluding hydrogens is 352 g/mol. The molecule has 2 rings (SSSR count). The van der Waals surface area contributed by atoms with E-state index < -0.39 is 15.9 Å². The summed E-state index contributed by atoms with van der Waals surface area (Å²) >= 11 is 0. The molecule has 6 nitrogen and oxygen atoms in total. The zero-order valence-corrected chi connectivity index (χ0v) is 16.1. The van der Waals surface area contributed by atoms with Crippen LogP contribution in [0.2, 0.25) is 0 Å². The molecule has 138 valence electrons. The standard InChI is InChI=1S/C19H22N2O4S/c1-13-5-10-18(14(2)11-13)21(26(4,24)25)12-19(23)20-17-8-6-16(7-9-17)15(3)22/h5-11H,12H2,1-4H3,(H,20,23). The third-order valence-corrected chi connectivity index (χ3v) is 5.01. The van der Waals surface area contributed by atoms with Gasteiger partial charge in [-0.2, -0.15) is 0 Å². The number of hydrogen-bond donors (Lipinski definition) is 1. The Hall–Kier alpha value is -2.67. The van der Waals surface area contributed by atoms with Gasteiger partial charge in [-0.15, -0.1) is 0 Å². The van der Waals surface area contributed by atoms with E-state index in [1.807, 2.05) is 13.0 Å². The maximum atomic E-state index is 12.4. The normalized spacial score (nSPS) is 11.1. The highest BCUT2D eigenvalue weighted by Gasteiger charge is 2.22. The van der Waals surface area contributed by atoms with Crippen molar-refractivity contribution in [2.45, 2.75) is 20.8 Å². The highest BCUT2D eigenvalue weighted by molar-refractivity contribution is 7.92. The van der Waals surface area contributed by atoms with Gasteiger partial charge in [0.25, 0.3) is 0 Å². The summed E-state index contributed by atoms with van der Waals surface area (Å²) in [6.45, 7) is 4.84. The van der Waals surface area contributed by atoms with Crippen LogP contribution in [-0.2, 0) is 14.8 Å². The second kappa shape index (κ2) is 7.70. The fourth-order valence-electron chi connectivity index (χ4n) is 2.59. The monoisotopic (exact) mass is 374 g/mol. The predicted octanol–water partition coefficient (Wildman–Crippen LogP) is 2.91. The van der Waals surface area contributed by atoms with Crippen molar-refractivity contribution in [1.82, 2.24) is 0 Å². The zero-order valence-electron chi connectivity index (χ0n) is 15.2. The van der Waals surface area contributed by atoms with Gasteiger partial charge in [-0.05, 0) is 56.7 Å². The molecule has 0 bridgehead atoms. The molecule has 0 heterocycles. The summed E-state index contributed by atoms with van der Waals surface area (Å²) in [4.78, 5) is 23.6. The molecule has 0 radical (unpaired) electrons. The molecular formula is C19H22N2O4S. The van der Waals surface area contributed by atoms with Crippen LogP contribution in [0.1, 0.15) is 28.4 Å². The minimum atomic E-state index is -3.63. The first-order valence-electron chi connectivity index (χ1n) is 8.04. The van der Waals surface area contributed by atoms with Crippen LogP contribution in [0.4, 0.5) is 11.4 Å². The second-order valence-corrected chi connectivity index (χ2v) is 8.15. The number of ketones is 1. The van der Waals surface area contributed by atoms with E-state index in [9.17, 15) is 18.0 Å². The van der Waals surface area contributed by atoms with E-state index in [0.29, 0.717) is 16.9 Å². The molecule has 0 unspecified atom stereocenters. The summed E-state index contributed by atoms with van der Waals surface area (Å²) in [7, 11) is -3.63. The van der Waals surface area contributed by atoms with Gasteiger partial charge >= 0.3 is 0 Å². The Morgan fingerprint density at radius 1 is 1.04 bits per heavy atom. The Morgan fingerprint density at radius 2 is 1.65 bits per heavy atom. The van der Waals surface area contributed by atoms with E-state index in [0.717, 1.165) is 21.7 Å². The quantitative estimate of drug-likeness (QED) is 0.788. The van der Waals surface area contributed by atoms with Gasteiger partial charge in [0.1, 0.15) is 6.54 Å². The average Bonchev–Trinajstić information content (AvgIpc) is 2.53. The van der Waals surface area contributed by atoms with E-state index >= 15 is 0 Å². The molecule has 2 aromatic carbocycles. The van der Waals surface area contributed by atoms with E-state index in [2.05, 4.69) is 5.32 Å². The van der Waals surface area contributed by atoms with Crippen molar-refractivity contribution in [3.05, 3.63) is 59.2 Å². The first kappa shape index (κ1) is 19.7. The topological polar surface area (TPSA) is 83.6 Å². The number of hydrogen-bond acceptors (Lipinski definition) is 4. The minimum absolute atomic E-state index is 0.0685. The van der Waals surface area contributed by atoms with E-state index in [1.165, 1.54) is 6.92 Å². The fourth-order valence-corrected chi connectivity index (χ4v) is 3.50. The summed E-state index contributed by atoms with van der Waals surface area (Å²) in [5.41, 5.74) is 3.29. The number of Topliss-reactive ketones (excluding diaryl/α,β-unsaturated/α-hetero) is 1. The number of nitrogens with one attached hydrogen (secondary N) is 1. The van der Waals surface area contributed by atoms with Crippen LogP contribution < -0.4 is 9.62 Å². The SMILES string of the molecule is CC(=O)c1ccc(NC(=O)CN(c2ccc(C)cc2C)S(C)(=O)=O)cc1. The number of anilines is 2. The highest BCUT2D eigenvalue weighted by Crippen LogP contribution is 2.23. The first-order valence-corrected chi connectivity index (χ1v) is 9.88. The van der Waals surface area contributed by atoms with Crippen molar-refractivity contribution >= 4 is 33.1 Å². The first-order chi connectivity index (χ1) is 12.1. The van der Waals surface area contributed by atoms with Gasteiger partial charge in [-0.1, -0.05) is 17.7 Å². The Labute approximate surface area is 153 Å². The van der Waals surface area contributed by atoms with Gasteiger partial charge in [0.15, 0.2) is 5.78 Å². The number of aryl methyl sites for hydroxylation is 2. The lowest BCUT2D eigenvalue weighted by molar-refractivity contribution is -0.114. The number of rotatable bonds is 6. The van der Waals surface area contributed by atoms with Gasteiger partial charge in [0.05, 0.1) is 11.9 Å². The molecule has 0 fully saturated rings. The lowest BCUT2D eigenvalue weighted by Crippen LogP contribution is -2.37. The molecule has 0 atom stereocenters. The van der Waals surface area contributed by atoms with Gasteiger partial charge in [-0.25, -0.2) is 8.42 Å². The zero-order chi connectivity index (χ0) is 19.5. The van der Waals surface area contributed by atoms with Crippen molar-refractivity contribution in [3.63, 3.8) is 0 Å². The number of nitrogens with zero attached hydrogens (tertiary/aromatic N) is 1. The number of amides is 1. The van der Waals surface area contributed by atoms with Crippen molar-refractivity contribution < 1.29 is 18.0 Å².